The molecule has 0 radical (unpaired) electrons. The van der Waals surface area contributed by atoms with E-state index in [1.54, 1.807) is 25.3 Å². The fourth-order valence-corrected chi connectivity index (χ4v) is 1.36. The molecule has 0 aliphatic carbocycles. The van der Waals surface area contributed by atoms with Crippen molar-refractivity contribution in [3.05, 3.63) is 42.5 Å². The Bertz CT molecular complexity index is 353. The van der Waals surface area contributed by atoms with Crippen LogP contribution < -0.4 is 4.74 Å². The first-order valence-corrected chi connectivity index (χ1v) is 5.71. The number of methoxy groups -OCH3 is 1. The molecule has 3 heteroatoms. The molecule has 0 spiro atoms. The molecule has 0 aromatic heterocycles. The van der Waals surface area contributed by atoms with E-state index in [0.717, 1.165) is 6.42 Å². The SMILES string of the molecule is CCC(/C=C/CC(=O)Oc1ccccc1)OC. The Morgan fingerprint density at radius 3 is 2.65 bits per heavy atom. The molecule has 0 aliphatic heterocycles. The topological polar surface area (TPSA) is 35.5 Å². The van der Waals surface area contributed by atoms with E-state index in [2.05, 4.69) is 0 Å². The Hall–Kier alpha value is -1.61. The zero-order chi connectivity index (χ0) is 12.5. The number of ether oxygens (including phenoxy) is 2. The van der Waals surface area contributed by atoms with E-state index in [4.69, 9.17) is 9.47 Å². The Morgan fingerprint density at radius 1 is 1.35 bits per heavy atom. The standard InChI is InChI=1S/C14H18O3/c1-3-12(16-2)10-7-11-14(15)17-13-8-5-4-6-9-13/h4-10,12H,3,11H2,1-2H3/b10-7+. The molecule has 0 heterocycles. The summed E-state index contributed by atoms with van der Waals surface area (Å²) >= 11 is 0. The molecule has 1 aromatic rings. The van der Waals surface area contributed by atoms with Gasteiger partial charge in [-0.25, -0.2) is 0 Å². The van der Waals surface area contributed by atoms with Crippen LogP contribution in [0.5, 0.6) is 5.75 Å². The van der Waals surface area contributed by atoms with Gasteiger partial charge in [0.25, 0.3) is 0 Å². The van der Waals surface area contributed by atoms with Gasteiger partial charge < -0.3 is 9.47 Å². The molecule has 1 unspecified atom stereocenters. The van der Waals surface area contributed by atoms with Crippen LogP contribution >= 0.6 is 0 Å². The first kappa shape index (κ1) is 13.5. The molecule has 0 amide bonds. The minimum atomic E-state index is -0.265. The molecule has 0 aliphatic rings. The molecule has 0 fully saturated rings. The number of esters is 1. The van der Waals surface area contributed by atoms with E-state index in [0.29, 0.717) is 5.75 Å². The maximum Gasteiger partial charge on any atom is 0.315 e. The summed E-state index contributed by atoms with van der Waals surface area (Å²) in [6.45, 7) is 2.03. The smallest absolute Gasteiger partial charge is 0.315 e. The van der Waals surface area contributed by atoms with E-state index in [1.807, 2.05) is 31.2 Å². The van der Waals surface area contributed by atoms with Crippen molar-refractivity contribution in [2.75, 3.05) is 7.11 Å². The summed E-state index contributed by atoms with van der Waals surface area (Å²) in [5, 5.41) is 0. The van der Waals surface area contributed by atoms with Crippen LogP contribution in [0.3, 0.4) is 0 Å². The lowest BCUT2D eigenvalue weighted by molar-refractivity contribution is -0.133. The molecular weight excluding hydrogens is 216 g/mol. The molecule has 92 valence electrons. The van der Waals surface area contributed by atoms with Crippen LogP contribution in [0.25, 0.3) is 0 Å². The maximum atomic E-state index is 11.5. The second-order valence-corrected chi connectivity index (χ2v) is 3.60. The Kier molecular flexibility index (Phi) is 6.04. The van der Waals surface area contributed by atoms with Crippen LogP contribution in [0.15, 0.2) is 42.5 Å². The van der Waals surface area contributed by atoms with Gasteiger partial charge in [-0.15, -0.1) is 0 Å². The van der Waals surface area contributed by atoms with Crippen molar-refractivity contribution in [2.24, 2.45) is 0 Å². The number of hydrogen-bond donors (Lipinski definition) is 0. The Labute approximate surface area is 102 Å². The van der Waals surface area contributed by atoms with Crippen LogP contribution in [0.4, 0.5) is 0 Å². The quantitative estimate of drug-likeness (QED) is 0.431. The number of benzene rings is 1. The van der Waals surface area contributed by atoms with Crippen molar-refractivity contribution < 1.29 is 14.3 Å². The summed E-state index contributed by atoms with van der Waals surface area (Å²) in [4.78, 5) is 11.5. The van der Waals surface area contributed by atoms with Crippen LogP contribution in [-0.4, -0.2) is 19.2 Å². The minimum absolute atomic E-state index is 0.0690. The third-order valence-electron chi connectivity index (χ3n) is 2.32. The predicted molar refractivity (Wildman–Crippen MR) is 66.9 cm³/mol. The van der Waals surface area contributed by atoms with Crippen molar-refractivity contribution in [1.29, 1.82) is 0 Å². The van der Waals surface area contributed by atoms with Crippen LogP contribution in [0.2, 0.25) is 0 Å². The van der Waals surface area contributed by atoms with Crippen LogP contribution in [-0.2, 0) is 9.53 Å². The zero-order valence-electron chi connectivity index (χ0n) is 10.3. The lowest BCUT2D eigenvalue weighted by atomic mass is 10.2. The molecule has 1 rings (SSSR count). The van der Waals surface area contributed by atoms with Crippen LogP contribution in [0, 0.1) is 0 Å². The van der Waals surface area contributed by atoms with E-state index < -0.39 is 0 Å². The molecule has 0 saturated heterocycles. The average Bonchev–Trinajstić information content (AvgIpc) is 2.36. The number of hydrogen-bond acceptors (Lipinski definition) is 3. The van der Waals surface area contributed by atoms with Gasteiger partial charge in [0.2, 0.25) is 0 Å². The highest BCUT2D eigenvalue weighted by Gasteiger charge is 2.02. The van der Waals surface area contributed by atoms with E-state index in [-0.39, 0.29) is 18.5 Å². The van der Waals surface area contributed by atoms with E-state index in [9.17, 15) is 4.79 Å². The highest BCUT2D eigenvalue weighted by atomic mass is 16.5. The van der Waals surface area contributed by atoms with Crippen molar-refractivity contribution >= 4 is 5.97 Å². The van der Waals surface area contributed by atoms with Gasteiger partial charge in [0.05, 0.1) is 12.5 Å². The largest absolute Gasteiger partial charge is 0.426 e. The summed E-state index contributed by atoms with van der Waals surface area (Å²) in [6.07, 6.45) is 4.88. The molecule has 0 saturated carbocycles. The third-order valence-corrected chi connectivity index (χ3v) is 2.32. The van der Waals surface area contributed by atoms with E-state index in [1.165, 1.54) is 0 Å². The second-order valence-electron chi connectivity index (χ2n) is 3.60. The van der Waals surface area contributed by atoms with E-state index >= 15 is 0 Å². The monoisotopic (exact) mass is 234 g/mol. The van der Waals surface area contributed by atoms with Gasteiger partial charge in [-0.05, 0) is 18.6 Å². The molecule has 0 N–H and O–H groups in total. The summed E-state index contributed by atoms with van der Waals surface area (Å²) in [5.41, 5.74) is 0. The Balaban J connectivity index is 2.35. The molecule has 1 atom stereocenters. The lowest BCUT2D eigenvalue weighted by Crippen LogP contribution is -2.08. The number of rotatable bonds is 6. The molecule has 1 aromatic carbocycles. The van der Waals surface area contributed by atoms with Crippen molar-refractivity contribution in [2.45, 2.75) is 25.9 Å². The van der Waals surface area contributed by atoms with Crippen molar-refractivity contribution in [1.82, 2.24) is 0 Å². The molecule has 3 nitrogen and oxygen atoms in total. The number of carbonyl (C=O) groups excluding carboxylic acids is 1. The lowest BCUT2D eigenvalue weighted by Gasteiger charge is -2.06. The fourth-order valence-electron chi connectivity index (χ4n) is 1.36. The first-order chi connectivity index (χ1) is 8.26. The van der Waals surface area contributed by atoms with Crippen LogP contribution in [0.1, 0.15) is 19.8 Å². The van der Waals surface area contributed by atoms with Gasteiger partial charge in [0.1, 0.15) is 5.75 Å². The van der Waals surface area contributed by atoms with Gasteiger partial charge in [-0.2, -0.15) is 0 Å². The molecular formula is C14H18O3. The van der Waals surface area contributed by atoms with Gasteiger partial charge in [0.15, 0.2) is 0 Å². The number of para-hydroxylation sites is 1. The predicted octanol–water partition coefficient (Wildman–Crippen LogP) is 2.96. The second kappa shape index (κ2) is 7.63. The fraction of sp³-hybridized carbons (Fsp3) is 0.357. The van der Waals surface area contributed by atoms with Gasteiger partial charge in [-0.3, -0.25) is 4.79 Å². The average molecular weight is 234 g/mol. The highest BCUT2D eigenvalue weighted by molar-refractivity contribution is 5.73. The first-order valence-electron chi connectivity index (χ1n) is 5.71. The zero-order valence-corrected chi connectivity index (χ0v) is 10.3. The summed E-state index contributed by atoms with van der Waals surface area (Å²) < 4.78 is 10.3. The van der Waals surface area contributed by atoms with Gasteiger partial charge in [-0.1, -0.05) is 37.3 Å². The van der Waals surface area contributed by atoms with Gasteiger partial charge >= 0.3 is 5.97 Å². The van der Waals surface area contributed by atoms with Crippen molar-refractivity contribution in [3.63, 3.8) is 0 Å². The van der Waals surface area contributed by atoms with Crippen molar-refractivity contribution in [3.8, 4) is 5.75 Å². The normalized spacial score (nSPS) is 12.6. The molecule has 17 heavy (non-hydrogen) atoms. The molecule has 0 bridgehead atoms. The Morgan fingerprint density at radius 2 is 2.06 bits per heavy atom. The summed E-state index contributed by atoms with van der Waals surface area (Å²) in [5.74, 6) is 0.308. The summed E-state index contributed by atoms with van der Waals surface area (Å²) in [7, 11) is 1.65. The van der Waals surface area contributed by atoms with Gasteiger partial charge in [0, 0.05) is 7.11 Å². The highest BCUT2D eigenvalue weighted by Crippen LogP contribution is 2.09. The third kappa shape index (κ3) is 5.31. The summed E-state index contributed by atoms with van der Waals surface area (Å²) in [6, 6.07) is 9.05. The maximum absolute atomic E-state index is 11.5. The number of carbonyl (C=O) groups is 1. The minimum Gasteiger partial charge on any atom is -0.426 e.